The number of morpholine rings is 2. The Kier molecular flexibility index (Phi) is 5.93. The maximum Gasteiger partial charge on any atom is 0.323 e. The van der Waals surface area contributed by atoms with Gasteiger partial charge in [0.15, 0.2) is 5.85 Å². The van der Waals surface area contributed by atoms with E-state index in [2.05, 4.69) is 0 Å². The lowest BCUT2D eigenvalue weighted by molar-refractivity contribution is -0.284. The fourth-order valence-corrected chi connectivity index (χ4v) is 3.21. The second kappa shape index (κ2) is 7.54. The first-order chi connectivity index (χ1) is 10.9. The molecule has 2 unspecified atom stereocenters. The third-order valence-electron chi connectivity index (χ3n) is 4.31. The molecule has 9 heteroatoms. The molecular formula is C14H24N2O7. The fraction of sp³-hybridized carbons (Fsp3) is 0.857. The van der Waals surface area contributed by atoms with Crippen molar-refractivity contribution in [2.45, 2.75) is 31.8 Å². The molecule has 0 aromatic rings. The van der Waals surface area contributed by atoms with Crippen molar-refractivity contribution in [3.63, 3.8) is 0 Å². The van der Waals surface area contributed by atoms with Gasteiger partial charge in [-0.15, -0.1) is 0 Å². The molecule has 0 aliphatic carbocycles. The van der Waals surface area contributed by atoms with Crippen molar-refractivity contribution < 1.29 is 34.0 Å². The molecule has 0 bridgehead atoms. The number of ether oxygens (including phenoxy) is 3. The fourth-order valence-electron chi connectivity index (χ4n) is 3.21. The molecule has 2 heterocycles. The van der Waals surface area contributed by atoms with Gasteiger partial charge in [0.2, 0.25) is 0 Å². The summed E-state index contributed by atoms with van der Waals surface area (Å²) in [4.78, 5) is 26.5. The maximum atomic E-state index is 11.6. The normalized spacial score (nSPS) is 29.8. The molecule has 132 valence electrons. The minimum atomic E-state index is -1.16. The number of carboxylic acids is 2. The number of aliphatic carboxylic acids is 2. The van der Waals surface area contributed by atoms with Crippen LogP contribution in [-0.4, -0.2) is 96.0 Å². The van der Waals surface area contributed by atoms with Crippen LogP contribution in [0.5, 0.6) is 0 Å². The Balaban J connectivity index is 2.35. The molecule has 2 aliphatic rings. The molecule has 2 fully saturated rings. The van der Waals surface area contributed by atoms with E-state index in [-0.39, 0.29) is 13.2 Å². The number of nitrogens with zero attached hydrogens (tertiary/aromatic N) is 2. The zero-order chi connectivity index (χ0) is 17.0. The van der Waals surface area contributed by atoms with Gasteiger partial charge in [0.05, 0.1) is 26.4 Å². The van der Waals surface area contributed by atoms with Gasteiger partial charge in [-0.25, -0.2) is 9.80 Å². The number of hydrogen-bond acceptors (Lipinski definition) is 7. The molecule has 2 aliphatic heterocycles. The van der Waals surface area contributed by atoms with Gasteiger partial charge in [-0.2, -0.15) is 0 Å². The van der Waals surface area contributed by atoms with E-state index < -0.39 is 29.9 Å². The van der Waals surface area contributed by atoms with E-state index >= 15 is 0 Å². The largest absolute Gasteiger partial charge is 0.480 e. The van der Waals surface area contributed by atoms with Gasteiger partial charge in [0.25, 0.3) is 0 Å². The van der Waals surface area contributed by atoms with Crippen LogP contribution in [0.3, 0.4) is 0 Å². The third-order valence-corrected chi connectivity index (χ3v) is 4.31. The van der Waals surface area contributed by atoms with Crippen LogP contribution >= 0.6 is 0 Å². The molecule has 2 rings (SSSR count). The van der Waals surface area contributed by atoms with E-state index in [1.165, 1.54) is 0 Å². The van der Waals surface area contributed by atoms with E-state index in [4.69, 9.17) is 14.2 Å². The van der Waals surface area contributed by atoms with Gasteiger partial charge < -0.3 is 24.4 Å². The highest BCUT2D eigenvalue weighted by atomic mass is 16.5. The van der Waals surface area contributed by atoms with Crippen LogP contribution in [0.4, 0.5) is 0 Å². The molecule has 23 heavy (non-hydrogen) atoms. The lowest BCUT2D eigenvalue weighted by Gasteiger charge is -2.53. The summed E-state index contributed by atoms with van der Waals surface area (Å²) >= 11 is 0. The van der Waals surface area contributed by atoms with Gasteiger partial charge >= 0.3 is 11.9 Å². The van der Waals surface area contributed by atoms with Gasteiger partial charge in [-0.1, -0.05) is 0 Å². The van der Waals surface area contributed by atoms with Crippen LogP contribution in [0.2, 0.25) is 0 Å². The zero-order valence-corrected chi connectivity index (χ0v) is 13.4. The van der Waals surface area contributed by atoms with E-state index in [1.54, 1.807) is 23.6 Å². The standard InChI is InChI=1S/C14H24N2O7/c1-3-23-14(2,15-4-6-21-8-10(15)12(17)18)16-5-7-22-9-11(16)13(19)20/h10-11H,3-9H2,1-2H3,(H,17,18)(H,19,20). The Labute approximate surface area is 134 Å². The van der Waals surface area contributed by atoms with Gasteiger partial charge in [0, 0.05) is 19.7 Å². The average molecular weight is 332 g/mol. The van der Waals surface area contributed by atoms with Crippen LogP contribution in [0.15, 0.2) is 0 Å². The minimum absolute atomic E-state index is 0.0417. The summed E-state index contributed by atoms with van der Waals surface area (Å²) in [5, 5.41) is 19.0. The van der Waals surface area contributed by atoms with Crippen molar-refractivity contribution >= 4 is 11.9 Å². The summed E-state index contributed by atoms with van der Waals surface area (Å²) in [6, 6.07) is -1.78. The summed E-state index contributed by atoms with van der Waals surface area (Å²) < 4.78 is 16.4. The van der Waals surface area contributed by atoms with Crippen molar-refractivity contribution in [1.29, 1.82) is 0 Å². The first kappa shape index (κ1) is 18.1. The molecule has 2 atom stereocenters. The molecule has 9 nitrogen and oxygen atoms in total. The lowest BCUT2D eigenvalue weighted by atomic mass is 10.1. The third kappa shape index (κ3) is 3.64. The SMILES string of the molecule is CCOC(C)(N1CCOCC1C(=O)O)N1CCOCC1C(=O)O. The second-order valence-electron chi connectivity index (χ2n) is 5.61. The Morgan fingerprint density at radius 2 is 1.52 bits per heavy atom. The molecule has 0 spiro atoms. The smallest absolute Gasteiger partial charge is 0.323 e. The Morgan fingerprint density at radius 3 is 1.87 bits per heavy atom. The highest BCUT2D eigenvalue weighted by Gasteiger charge is 2.50. The summed E-state index contributed by atoms with van der Waals surface area (Å²) in [6.07, 6.45) is 0. The topological polar surface area (TPSA) is 109 Å². The molecule has 0 aromatic carbocycles. The van der Waals surface area contributed by atoms with Gasteiger partial charge in [-0.05, 0) is 13.8 Å². The van der Waals surface area contributed by atoms with Crippen LogP contribution < -0.4 is 0 Å². The first-order valence-electron chi connectivity index (χ1n) is 7.70. The predicted octanol–water partition coefficient (Wildman–Crippen LogP) is -0.733. The quantitative estimate of drug-likeness (QED) is 0.650. The molecule has 0 radical (unpaired) electrons. The van der Waals surface area contributed by atoms with Gasteiger partial charge in [-0.3, -0.25) is 9.59 Å². The Morgan fingerprint density at radius 1 is 1.09 bits per heavy atom. The van der Waals surface area contributed by atoms with Crippen molar-refractivity contribution in [3.8, 4) is 0 Å². The molecule has 0 amide bonds. The molecule has 2 saturated heterocycles. The monoisotopic (exact) mass is 332 g/mol. The number of hydrogen-bond donors (Lipinski definition) is 2. The van der Waals surface area contributed by atoms with Crippen LogP contribution in [0.25, 0.3) is 0 Å². The van der Waals surface area contributed by atoms with Crippen LogP contribution in [0, 0.1) is 0 Å². The van der Waals surface area contributed by atoms with Crippen LogP contribution in [0.1, 0.15) is 13.8 Å². The van der Waals surface area contributed by atoms with Crippen molar-refractivity contribution in [2.24, 2.45) is 0 Å². The van der Waals surface area contributed by atoms with E-state index in [1.807, 2.05) is 0 Å². The Hall–Kier alpha value is -1.26. The molecule has 0 aromatic heterocycles. The maximum absolute atomic E-state index is 11.6. The first-order valence-corrected chi connectivity index (χ1v) is 7.70. The highest BCUT2D eigenvalue weighted by Crippen LogP contribution is 2.30. The second-order valence-corrected chi connectivity index (χ2v) is 5.61. The van der Waals surface area contributed by atoms with Crippen LogP contribution in [-0.2, 0) is 23.8 Å². The number of carboxylic acid groups (broad SMARTS) is 2. The van der Waals surface area contributed by atoms with Gasteiger partial charge in [0.1, 0.15) is 12.1 Å². The Bertz CT molecular complexity index is 411. The number of carbonyl (C=O) groups is 2. The minimum Gasteiger partial charge on any atom is -0.480 e. The summed E-state index contributed by atoms with van der Waals surface area (Å²) in [6.45, 7) is 5.35. The summed E-state index contributed by atoms with van der Waals surface area (Å²) in [5.41, 5.74) is 0. The summed E-state index contributed by atoms with van der Waals surface area (Å²) in [7, 11) is 0. The van der Waals surface area contributed by atoms with E-state index in [0.717, 1.165) is 0 Å². The molecule has 0 saturated carbocycles. The number of rotatable bonds is 6. The van der Waals surface area contributed by atoms with E-state index in [9.17, 15) is 19.8 Å². The predicted molar refractivity (Wildman–Crippen MR) is 77.9 cm³/mol. The summed E-state index contributed by atoms with van der Waals surface area (Å²) in [5.74, 6) is -3.19. The zero-order valence-electron chi connectivity index (χ0n) is 13.4. The molecular weight excluding hydrogens is 308 g/mol. The highest BCUT2D eigenvalue weighted by molar-refractivity contribution is 5.74. The van der Waals surface area contributed by atoms with E-state index in [0.29, 0.717) is 32.9 Å². The lowest BCUT2D eigenvalue weighted by Crippen LogP contribution is -2.72. The van der Waals surface area contributed by atoms with Crippen molar-refractivity contribution in [1.82, 2.24) is 9.80 Å². The van der Waals surface area contributed by atoms with Crippen molar-refractivity contribution in [2.75, 3.05) is 46.1 Å². The van der Waals surface area contributed by atoms with Crippen molar-refractivity contribution in [3.05, 3.63) is 0 Å². The molecule has 2 N–H and O–H groups in total. The average Bonchev–Trinajstić information content (AvgIpc) is 2.55.